The van der Waals surface area contributed by atoms with Crippen molar-refractivity contribution < 1.29 is 5.11 Å². The van der Waals surface area contributed by atoms with Crippen molar-refractivity contribution in [3.05, 3.63) is 40.8 Å². The topological polar surface area (TPSA) is 79.1 Å². The van der Waals surface area contributed by atoms with Gasteiger partial charge in [-0.05, 0) is 55.0 Å². The van der Waals surface area contributed by atoms with Gasteiger partial charge in [-0.1, -0.05) is 12.8 Å². The first-order valence-electron chi connectivity index (χ1n) is 6.71. The molecule has 0 bridgehead atoms. The summed E-state index contributed by atoms with van der Waals surface area (Å²) in [4.78, 5) is 13.7. The van der Waals surface area contributed by atoms with Crippen LogP contribution in [0.15, 0.2) is 35.3 Å². The maximum absolute atomic E-state index is 11.2. The van der Waals surface area contributed by atoms with Crippen molar-refractivity contribution in [1.82, 2.24) is 4.98 Å². The molecular weight excluding hydrogens is 240 g/mol. The number of aromatic hydroxyl groups is 1. The summed E-state index contributed by atoms with van der Waals surface area (Å²) in [6.07, 6.45) is 7.17. The van der Waals surface area contributed by atoms with E-state index in [2.05, 4.69) is 4.98 Å². The Hall–Kier alpha value is -1.81. The molecule has 0 amide bonds. The van der Waals surface area contributed by atoms with Gasteiger partial charge in [0.15, 0.2) is 0 Å². The van der Waals surface area contributed by atoms with E-state index in [-0.39, 0.29) is 11.3 Å². The van der Waals surface area contributed by atoms with Gasteiger partial charge < -0.3 is 15.8 Å². The molecule has 0 unspecified atom stereocenters. The molecule has 1 fully saturated rings. The third-order valence-corrected chi connectivity index (χ3v) is 3.57. The number of phenols is 1. The predicted molar refractivity (Wildman–Crippen MR) is 77.2 cm³/mol. The van der Waals surface area contributed by atoms with Gasteiger partial charge in [-0.2, -0.15) is 0 Å². The van der Waals surface area contributed by atoms with Gasteiger partial charge in [-0.25, -0.2) is 0 Å². The number of hydrogen-bond acceptors (Lipinski definition) is 3. The van der Waals surface area contributed by atoms with Crippen LogP contribution in [0.5, 0.6) is 5.75 Å². The molecule has 1 aliphatic carbocycles. The average molecular weight is 260 g/mol. The van der Waals surface area contributed by atoms with Crippen molar-refractivity contribution >= 4 is 10.8 Å². The highest BCUT2D eigenvalue weighted by Crippen LogP contribution is 2.22. The number of fused-ring (bicyclic) bond motifs is 1. The van der Waals surface area contributed by atoms with E-state index in [0.29, 0.717) is 5.39 Å². The molecule has 0 atom stereocenters. The molecule has 102 valence electrons. The number of benzene rings is 1. The van der Waals surface area contributed by atoms with Crippen LogP contribution in [-0.2, 0) is 0 Å². The van der Waals surface area contributed by atoms with Crippen molar-refractivity contribution in [2.75, 3.05) is 6.54 Å². The first kappa shape index (κ1) is 13.6. The molecule has 2 aromatic rings. The van der Waals surface area contributed by atoms with E-state index >= 15 is 0 Å². The largest absolute Gasteiger partial charge is 0.508 e. The molecule has 3 rings (SSSR count). The fraction of sp³-hybridized carbons (Fsp3) is 0.400. The average Bonchev–Trinajstić information content (AvgIpc) is 2.92. The lowest BCUT2D eigenvalue weighted by Gasteiger charge is -1.99. The molecule has 1 aromatic heterocycles. The minimum atomic E-state index is -0.132. The second-order valence-electron chi connectivity index (χ2n) is 4.96. The second-order valence-corrected chi connectivity index (χ2v) is 4.96. The molecule has 1 saturated carbocycles. The molecule has 0 radical (unpaired) electrons. The first-order chi connectivity index (χ1) is 9.20. The summed E-state index contributed by atoms with van der Waals surface area (Å²) >= 11 is 0. The minimum absolute atomic E-state index is 0.132. The van der Waals surface area contributed by atoms with Crippen molar-refractivity contribution in [3.63, 3.8) is 0 Å². The van der Waals surface area contributed by atoms with E-state index in [9.17, 15) is 4.79 Å². The second kappa shape index (κ2) is 6.38. The van der Waals surface area contributed by atoms with Crippen LogP contribution in [0.1, 0.15) is 25.7 Å². The summed E-state index contributed by atoms with van der Waals surface area (Å²) in [5.41, 5.74) is 5.30. The summed E-state index contributed by atoms with van der Waals surface area (Å²) in [6.45, 7) is 0.917. The number of aromatic nitrogens is 1. The number of phenolic OH excluding ortho intramolecular Hbond substituents is 1. The predicted octanol–water partition coefficient (Wildman–Crippen LogP) is 2.37. The lowest BCUT2D eigenvalue weighted by atomic mass is 10.1. The third-order valence-electron chi connectivity index (χ3n) is 3.57. The Labute approximate surface area is 112 Å². The first-order valence-corrected chi connectivity index (χ1v) is 6.71. The molecule has 1 aliphatic rings. The van der Waals surface area contributed by atoms with Gasteiger partial charge >= 0.3 is 0 Å². The quantitative estimate of drug-likeness (QED) is 0.736. The van der Waals surface area contributed by atoms with Crippen molar-refractivity contribution in [3.8, 4) is 5.75 Å². The molecule has 1 aromatic carbocycles. The van der Waals surface area contributed by atoms with Gasteiger partial charge in [0.25, 0.3) is 5.56 Å². The van der Waals surface area contributed by atoms with Crippen LogP contribution in [-0.4, -0.2) is 16.6 Å². The normalized spacial score (nSPS) is 15.2. The highest BCUT2D eigenvalue weighted by molar-refractivity contribution is 5.82. The smallest absolute Gasteiger partial charge is 0.255 e. The van der Waals surface area contributed by atoms with Crippen LogP contribution in [0.25, 0.3) is 10.8 Å². The summed E-state index contributed by atoms with van der Waals surface area (Å²) in [5.74, 6) is 1.05. The third kappa shape index (κ3) is 3.58. The number of aromatic amines is 1. The molecule has 19 heavy (non-hydrogen) atoms. The van der Waals surface area contributed by atoms with Gasteiger partial charge in [0.1, 0.15) is 5.75 Å². The summed E-state index contributed by atoms with van der Waals surface area (Å²) < 4.78 is 0. The minimum Gasteiger partial charge on any atom is -0.508 e. The zero-order chi connectivity index (χ0) is 13.7. The van der Waals surface area contributed by atoms with E-state index in [1.165, 1.54) is 31.7 Å². The Morgan fingerprint density at radius 3 is 2.63 bits per heavy atom. The summed E-state index contributed by atoms with van der Waals surface area (Å²) in [7, 11) is 0. The van der Waals surface area contributed by atoms with Crippen molar-refractivity contribution in [2.45, 2.75) is 25.7 Å². The Bertz CT molecular complexity index is 586. The van der Waals surface area contributed by atoms with Crippen LogP contribution in [0.4, 0.5) is 0 Å². The van der Waals surface area contributed by atoms with E-state index in [1.807, 2.05) is 0 Å². The zero-order valence-electron chi connectivity index (χ0n) is 10.9. The summed E-state index contributed by atoms with van der Waals surface area (Å²) in [5, 5.41) is 10.5. The Morgan fingerprint density at radius 1 is 1.26 bits per heavy atom. The van der Waals surface area contributed by atoms with Gasteiger partial charge in [0, 0.05) is 11.6 Å². The van der Waals surface area contributed by atoms with Crippen LogP contribution >= 0.6 is 0 Å². The lowest BCUT2D eigenvalue weighted by Crippen LogP contribution is -2.09. The Kier molecular flexibility index (Phi) is 4.58. The van der Waals surface area contributed by atoms with E-state index in [4.69, 9.17) is 10.8 Å². The highest BCUT2D eigenvalue weighted by atomic mass is 16.3. The van der Waals surface area contributed by atoms with Gasteiger partial charge in [0.05, 0.1) is 0 Å². The molecule has 4 nitrogen and oxygen atoms in total. The van der Waals surface area contributed by atoms with Gasteiger partial charge in [0.2, 0.25) is 0 Å². The monoisotopic (exact) mass is 260 g/mol. The zero-order valence-corrected chi connectivity index (χ0v) is 10.9. The molecule has 4 N–H and O–H groups in total. The van der Waals surface area contributed by atoms with Crippen LogP contribution in [0, 0.1) is 5.92 Å². The van der Waals surface area contributed by atoms with E-state index in [1.54, 1.807) is 24.4 Å². The van der Waals surface area contributed by atoms with Crippen LogP contribution in [0.2, 0.25) is 0 Å². The number of nitrogens with two attached hydrogens (primary N) is 1. The van der Waals surface area contributed by atoms with Gasteiger partial charge in [-0.15, -0.1) is 0 Å². The van der Waals surface area contributed by atoms with Crippen molar-refractivity contribution in [1.29, 1.82) is 0 Å². The Balaban J connectivity index is 0.000000163. The SMILES string of the molecule is NCC1CCCC1.O=c1[nH]ccc2cc(O)ccc12. The molecule has 0 spiro atoms. The number of pyridine rings is 1. The number of H-pyrrole nitrogens is 1. The van der Waals surface area contributed by atoms with Gasteiger partial charge in [-0.3, -0.25) is 4.79 Å². The van der Waals surface area contributed by atoms with Crippen LogP contribution in [0.3, 0.4) is 0 Å². The Morgan fingerprint density at radius 2 is 2.00 bits per heavy atom. The molecule has 4 heteroatoms. The maximum Gasteiger partial charge on any atom is 0.255 e. The molecule has 1 heterocycles. The molecular formula is C15H20N2O2. The standard InChI is InChI=1S/C9H7NO2.C6H13N/c11-7-1-2-8-6(5-7)3-4-10-9(8)12;7-5-6-3-1-2-4-6/h1-5,11H,(H,10,12);6H,1-5,7H2. The highest BCUT2D eigenvalue weighted by Gasteiger charge is 2.11. The maximum atomic E-state index is 11.2. The molecule has 0 aliphatic heterocycles. The fourth-order valence-electron chi connectivity index (χ4n) is 2.43. The van der Waals surface area contributed by atoms with Crippen molar-refractivity contribution in [2.24, 2.45) is 11.7 Å². The summed E-state index contributed by atoms with van der Waals surface area (Å²) in [6, 6.07) is 6.40. The van der Waals surface area contributed by atoms with E-state index < -0.39 is 0 Å². The van der Waals surface area contributed by atoms with Crippen LogP contribution < -0.4 is 11.3 Å². The molecule has 0 saturated heterocycles. The lowest BCUT2D eigenvalue weighted by molar-refractivity contribution is 0.476. The number of hydrogen-bond donors (Lipinski definition) is 3. The van der Waals surface area contributed by atoms with E-state index in [0.717, 1.165) is 17.8 Å². The fourth-order valence-corrected chi connectivity index (χ4v) is 2.43. The number of nitrogens with one attached hydrogen (secondary N) is 1. The number of rotatable bonds is 1.